The van der Waals surface area contributed by atoms with Gasteiger partial charge in [-0.05, 0) is 39.9 Å². The minimum Gasteiger partial charge on any atom is -0.308 e. The molecule has 0 aromatic rings. The fourth-order valence-electron chi connectivity index (χ4n) is 1.37. The number of piperidine rings is 1. The van der Waals surface area contributed by atoms with E-state index in [4.69, 9.17) is 0 Å². The Balaban J connectivity index is 2.05. The molecule has 0 unspecified atom stereocenters. The first-order valence-electron chi connectivity index (χ1n) is 4.48. The fourth-order valence-corrected chi connectivity index (χ4v) is 1.37. The van der Waals surface area contributed by atoms with Crippen LogP contribution >= 0.6 is 0 Å². The average Bonchev–Trinajstić information content (AvgIpc) is 2.03. The first kappa shape index (κ1) is 9.01. The number of hydrogen-bond acceptors (Lipinski definition) is 2. The molecule has 1 aliphatic rings. The van der Waals surface area contributed by atoms with Gasteiger partial charge in [-0.3, -0.25) is 0 Å². The van der Waals surface area contributed by atoms with Crippen LogP contribution in [0.25, 0.3) is 0 Å². The summed E-state index contributed by atoms with van der Waals surface area (Å²) in [6, 6.07) is 0. The van der Waals surface area contributed by atoms with E-state index in [-0.39, 0.29) is 0 Å². The molecule has 0 saturated carbocycles. The molecule has 0 aliphatic carbocycles. The molecule has 0 N–H and O–H groups in total. The van der Waals surface area contributed by atoms with Crippen molar-refractivity contribution in [2.24, 2.45) is 0 Å². The van der Waals surface area contributed by atoms with Gasteiger partial charge in [-0.1, -0.05) is 0 Å². The molecule has 65 valence electrons. The zero-order valence-electron chi connectivity index (χ0n) is 7.71. The quantitative estimate of drug-likeness (QED) is 0.596. The molecule has 11 heavy (non-hydrogen) atoms. The molecule has 1 saturated heterocycles. The molecule has 2 heteroatoms. The second-order valence-electron chi connectivity index (χ2n) is 3.53. The highest BCUT2D eigenvalue weighted by atomic mass is 15.2. The lowest BCUT2D eigenvalue weighted by Gasteiger charge is -2.27. The smallest absolute Gasteiger partial charge is 0.0109 e. The molecule has 0 amide bonds. The van der Waals surface area contributed by atoms with Crippen LogP contribution in [0.4, 0.5) is 0 Å². The first-order valence-corrected chi connectivity index (χ1v) is 4.48. The van der Waals surface area contributed by atoms with Crippen LogP contribution in [0.3, 0.4) is 0 Å². The Morgan fingerprint density at radius 2 is 2.27 bits per heavy atom. The highest BCUT2D eigenvalue weighted by molar-refractivity contribution is 4.77. The Kier molecular flexibility index (Phi) is 3.87. The van der Waals surface area contributed by atoms with Gasteiger partial charge in [0.25, 0.3) is 0 Å². The molecule has 1 fully saturated rings. The molecule has 1 aliphatic heterocycles. The molecule has 1 heterocycles. The highest BCUT2D eigenvalue weighted by Crippen LogP contribution is 2.06. The summed E-state index contributed by atoms with van der Waals surface area (Å²) in [5, 5.41) is 0. The van der Waals surface area contributed by atoms with Gasteiger partial charge in [0, 0.05) is 19.6 Å². The topological polar surface area (TPSA) is 6.48 Å². The molecule has 0 aromatic carbocycles. The summed E-state index contributed by atoms with van der Waals surface area (Å²) in [6.07, 6.45) is 5.06. The van der Waals surface area contributed by atoms with E-state index in [9.17, 15) is 0 Å². The Bertz CT molecular complexity index is 95.7. The molecular weight excluding hydrogens is 136 g/mol. The lowest BCUT2D eigenvalue weighted by Crippen LogP contribution is -2.35. The molecular formula is C9H19N2. The van der Waals surface area contributed by atoms with Crippen molar-refractivity contribution in [3.05, 3.63) is 6.42 Å². The van der Waals surface area contributed by atoms with Crippen LogP contribution < -0.4 is 0 Å². The van der Waals surface area contributed by atoms with Crippen molar-refractivity contribution < 1.29 is 0 Å². The number of likely N-dealkylation sites (tertiary alicyclic amines) is 1. The maximum absolute atomic E-state index is 2.52. The summed E-state index contributed by atoms with van der Waals surface area (Å²) in [5.41, 5.74) is 0. The zero-order valence-corrected chi connectivity index (χ0v) is 7.71. The maximum atomic E-state index is 2.52. The summed E-state index contributed by atoms with van der Waals surface area (Å²) < 4.78 is 0. The van der Waals surface area contributed by atoms with Crippen LogP contribution in [-0.2, 0) is 0 Å². The van der Waals surface area contributed by atoms with Gasteiger partial charge in [0.15, 0.2) is 0 Å². The van der Waals surface area contributed by atoms with Crippen molar-refractivity contribution in [2.75, 3.05) is 40.3 Å². The minimum atomic E-state index is 1.19. The minimum absolute atomic E-state index is 1.19. The lowest BCUT2D eigenvalue weighted by molar-refractivity contribution is 0.233. The van der Waals surface area contributed by atoms with Crippen molar-refractivity contribution >= 4 is 0 Å². The van der Waals surface area contributed by atoms with E-state index < -0.39 is 0 Å². The largest absolute Gasteiger partial charge is 0.308 e. The normalized spacial score (nSPS) is 21.0. The number of hydrogen-bond donors (Lipinski definition) is 0. The van der Waals surface area contributed by atoms with Gasteiger partial charge in [-0.2, -0.15) is 0 Å². The fraction of sp³-hybridized carbons (Fsp3) is 0.889. The summed E-state index contributed by atoms with van der Waals surface area (Å²) in [4.78, 5) is 4.76. The third-order valence-corrected chi connectivity index (χ3v) is 2.13. The van der Waals surface area contributed by atoms with Crippen molar-refractivity contribution in [3.63, 3.8) is 0 Å². The van der Waals surface area contributed by atoms with Crippen molar-refractivity contribution in [1.29, 1.82) is 0 Å². The molecule has 0 aromatic heterocycles. The summed E-state index contributed by atoms with van der Waals surface area (Å²) in [6.45, 7) is 4.91. The van der Waals surface area contributed by atoms with Gasteiger partial charge < -0.3 is 9.80 Å². The summed E-state index contributed by atoms with van der Waals surface area (Å²) in [5.74, 6) is 0. The summed E-state index contributed by atoms with van der Waals surface area (Å²) >= 11 is 0. The van der Waals surface area contributed by atoms with Crippen LogP contribution in [0.15, 0.2) is 0 Å². The van der Waals surface area contributed by atoms with Crippen LogP contribution in [0, 0.1) is 6.42 Å². The standard InChI is InChI=1S/C9H19N2/c1-10(2)8-9-11-6-4-3-5-7-11/h4H,3,5-9H2,1-2H3. The second kappa shape index (κ2) is 4.73. The average molecular weight is 155 g/mol. The number of rotatable bonds is 3. The predicted octanol–water partition coefficient (Wildman–Crippen LogP) is 0.848. The second-order valence-corrected chi connectivity index (χ2v) is 3.53. The molecule has 1 radical (unpaired) electrons. The Morgan fingerprint density at radius 3 is 2.82 bits per heavy atom. The third kappa shape index (κ3) is 3.73. The molecule has 0 atom stereocenters. The van der Waals surface area contributed by atoms with E-state index in [2.05, 4.69) is 30.3 Å². The number of nitrogens with zero attached hydrogens (tertiary/aromatic N) is 2. The van der Waals surface area contributed by atoms with E-state index in [0.29, 0.717) is 0 Å². The molecule has 2 nitrogen and oxygen atoms in total. The monoisotopic (exact) mass is 155 g/mol. The third-order valence-electron chi connectivity index (χ3n) is 2.13. The zero-order chi connectivity index (χ0) is 8.10. The highest BCUT2D eigenvalue weighted by Gasteiger charge is 2.09. The van der Waals surface area contributed by atoms with Gasteiger partial charge in [-0.15, -0.1) is 0 Å². The Hall–Kier alpha value is -0.0800. The Labute approximate surface area is 70.2 Å². The van der Waals surface area contributed by atoms with E-state index in [1.165, 1.54) is 39.0 Å². The van der Waals surface area contributed by atoms with Crippen molar-refractivity contribution in [2.45, 2.75) is 12.8 Å². The predicted molar refractivity (Wildman–Crippen MR) is 48.5 cm³/mol. The first-order chi connectivity index (χ1) is 5.29. The molecule has 0 spiro atoms. The SMILES string of the molecule is CN(C)CCN1C[CH]CCC1. The Morgan fingerprint density at radius 1 is 1.45 bits per heavy atom. The van der Waals surface area contributed by atoms with Crippen molar-refractivity contribution in [3.8, 4) is 0 Å². The molecule has 0 bridgehead atoms. The summed E-state index contributed by atoms with van der Waals surface area (Å²) in [7, 11) is 4.27. The van der Waals surface area contributed by atoms with Crippen molar-refractivity contribution in [1.82, 2.24) is 9.80 Å². The van der Waals surface area contributed by atoms with Gasteiger partial charge >= 0.3 is 0 Å². The lowest BCUT2D eigenvalue weighted by atomic mass is 10.1. The van der Waals surface area contributed by atoms with Gasteiger partial charge in [0.05, 0.1) is 0 Å². The van der Waals surface area contributed by atoms with Gasteiger partial charge in [0.2, 0.25) is 0 Å². The van der Waals surface area contributed by atoms with Gasteiger partial charge in [0.1, 0.15) is 0 Å². The van der Waals surface area contributed by atoms with E-state index in [1.54, 1.807) is 0 Å². The van der Waals surface area contributed by atoms with Crippen LogP contribution in [0.2, 0.25) is 0 Å². The van der Waals surface area contributed by atoms with Crippen LogP contribution in [-0.4, -0.2) is 50.1 Å². The number of likely N-dealkylation sites (N-methyl/N-ethyl adjacent to an activating group) is 1. The maximum Gasteiger partial charge on any atom is 0.0109 e. The van der Waals surface area contributed by atoms with E-state index in [1.807, 2.05) is 0 Å². The van der Waals surface area contributed by atoms with Gasteiger partial charge in [-0.25, -0.2) is 0 Å². The van der Waals surface area contributed by atoms with E-state index in [0.717, 1.165) is 0 Å². The van der Waals surface area contributed by atoms with Crippen LogP contribution in [0.5, 0.6) is 0 Å². The van der Waals surface area contributed by atoms with Crippen LogP contribution in [0.1, 0.15) is 12.8 Å². The molecule has 1 rings (SSSR count). The van der Waals surface area contributed by atoms with E-state index >= 15 is 0 Å².